The predicted octanol–water partition coefficient (Wildman–Crippen LogP) is 3.12. The number of halogens is 1. The molecule has 2 atom stereocenters. The highest BCUT2D eigenvalue weighted by atomic mass is 79.9. The van der Waals surface area contributed by atoms with Gasteiger partial charge in [0.2, 0.25) is 0 Å². The van der Waals surface area contributed by atoms with Gasteiger partial charge >= 0.3 is 0 Å². The van der Waals surface area contributed by atoms with E-state index in [0.29, 0.717) is 6.54 Å². The van der Waals surface area contributed by atoms with E-state index >= 15 is 0 Å². The Morgan fingerprint density at radius 3 is 2.82 bits per heavy atom. The number of rotatable bonds is 1. The minimum Gasteiger partial charge on any atom is -0.498 e. The summed E-state index contributed by atoms with van der Waals surface area (Å²) < 4.78 is 0.884. The molecular formula is C16H20BrN3O2. The van der Waals surface area contributed by atoms with Crippen LogP contribution in [0.1, 0.15) is 45.5 Å². The van der Waals surface area contributed by atoms with Crippen molar-refractivity contribution in [3.8, 4) is 0 Å². The molecule has 0 bridgehead atoms. The van der Waals surface area contributed by atoms with E-state index < -0.39 is 11.6 Å². The van der Waals surface area contributed by atoms with Crippen LogP contribution in [-0.4, -0.2) is 32.6 Å². The number of H-pyrrole nitrogens is 1. The number of nitrogens with zero attached hydrogens (tertiary/aromatic N) is 2. The first-order valence-corrected chi connectivity index (χ1v) is 8.29. The fourth-order valence-corrected chi connectivity index (χ4v) is 4.06. The molecule has 1 aliphatic rings. The van der Waals surface area contributed by atoms with E-state index in [2.05, 4.69) is 25.9 Å². The lowest BCUT2D eigenvalue weighted by Gasteiger charge is -2.48. The molecule has 1 N–H and O–H groups in total. The lowest BCUT2D eigenvalue weighted by Crippen LogP contribution is -2.67. The van der Waals surface area contributed by atoms with Crippen molar-refractivity contribution in [3.05, 3.63) is 28.5 Å². The monoisotopic (exact) mass is 365 g/mol. The summed E-state index contributed by atoms with van der Waals surface area (Å²) in [6.07, 6.45) is 0.639. The molecule has 2 aromatic rings. The number of quaternary nitrogens is 1. The fraction of sp³-hybridized carbons (Fsp3) is 0.500. The van der Waals surface area contributed by atoms with Crippen LogP contribution in [0.5, 0.6) is 0 Å². The average molecular weight is 366 g/mol. The maximum Gasteiger partial charge on any atom is 0.258 e. The van der Waals surface area contributed by atoms with Crippen LogP contribution in [0.4, 0.5) is 4.79 Å². The molecule has 1 unspecified atom stereocenters. The van der Waals surface area contributed by atoms with E-state index in [-0.39, 0.29) is 10.5 Å². The SMILES string of the molecule is CC(C)(C)[N+]1(C(=O)[O-])CCC[C@H]1c1nc2cc(Br)ccc2[nH]1. The van der Waals surface area contributed by atoms with E-state index in [4.69, 9.17) is 0 Å². The zero-order valence-corrected chi connectivity index (χ0v) is 14.6. The van der Waals surface area contributed by atoms with Crippen molar-refractivity contribution >= 4 is 33.1 Å². The molecule has 0 spiro atoms. The van der Waals surface area contributed by atoms with Crippen LogP contribution in [0.3, 0.4) is 0 Å². The van der Waals surface area contributed by atoms with E-state index in [1.165, 1.54) is 0 Å². The molecule has 118 valence electrons. The second-order valence-electron chi connectivity index (χ2n) is 6.97. The first-order valence-electron chi connectivity index (χ1n) is 7.50. The van der Waals surface area contributed by atoms with Gasteiger partial charge in [-0.2, -0.15) is 0 Å². The number of carbonyl (C=O) groups is 1. The first-order chi connectivity index (χ1) is 10.3. The van der Waals surface area contributed by atoms with Crippen LogP contribution in [0.25, 0.3) is 11.0 Å². The van der Waals surface area contributed by atoms with Gasteiger partial charge in [0.1, 0.15) is 0 Å². The first kappa shape index (κ1) is 15.5. The van der Waals surface area contributed by atoms with Crippen molar-refractivity contribution in [1.29, 1.82) is 0 Å². The average Bonchev–Trinajstić information content (AvgIpc) is 3.00. The Bertz CT molecular complexity index is 735. The summed E-state index contributed by atoms with van der Waals surface area (Å²) in [5, 5.41) is 12.0. The van der Waals surface area contributed by atoms with Gasteiger partial charge in [0.15, 0.2) is 11.9 Å². The van der Waals surface area contributed by atoms with Gasteiger partial charge in [-0.15, -0.1) is 0 Å². The molecule has 0 aliphatic carbocycles. The van der Waals surface area contributed by atoms with Gasteiger partial charge in [-0.25, -0.2) is 4.98 Å². The third-order valence-electron chi connectivity index (χ3n) is 4.82. The maximum atomic E-state index is 12.0. The second kappa shape index (κ2) is 5.06. The van der Waals surface area contributed by atoms with Gasteiger partial charge in [-0.1, -0.05) is 15.9 Å². The van der Waals surface area contributed by atoms with E-state index in [0.717, 1.165) is 34.2 Å². The molecule has 1 aromatic carbocycles. The Morgan fingerprint density at radius 1 is 1.45 bits per heavy atom. The molecular weight excluding hydrogens is 346 g/mol. The van der Waals surface area contributed by atoms with Crippen molar-refractivity contribution in [1.82, 2.24) is 9.97 Å². The Balaban J connectivity index is 2.13. The summed E-state index contributed by atoms with van der Waals surface area (Å²) in [6, 6.07) is 5.64. The van der Waals surface area contributed by atoms with Crippen molar-refractivity contribution in [3.63, 3.8) is 0 Å². The van der Waals surface area contributed by atoms with Crippen LogP contribution in [0.15, 0.2) is 22.7 Å². The van der Waals surface area contributed by atoms with Gasteiger partial charge < -0.3 is 14.9 Å². The molecule has 2 heterocycles. The Morgan fingerprint density at radius 2 is 2.18 bits per heavy atom. The molecule has 0 saturated carbocycles. The summed E-state index contributed by atoms with van der Waals surface area (Å²) in [7, 11) is 0. The van der Waals surface area contributed by atoms with Crippen molar-refractivity contribution in [2.45, 2.75) is 45.2 Å². The largest absolute Gasteiger partial charge is 0.498 e. The topological polar surface area (TPSA) is 68.8 Å². The number of hydrogen-bond acceptors (Lipinski definition) is 3. The number of nitrogens with one attached hydrogen (secondary N) is 1. The summed E-state index contributed by atoms with van der Waals surface area (Å²) in [5.41, 5.74) is 1.33. The van der Waals surface area contributed by atoms with Crippen LogP contribution in [0, 0.1) is 0 Å². The molecule has 1 saturated heterocycles. The lowest BCUT2D eigenvalue weighted by molar-refractivity contribution is -0.936. The lowest BCUT2D eigenvalue weighted by atomic mass is 9.99. The van der Waals surface area contributed by atoms with Crippen molar-refractivity contribution in [2.75, 3.05) is 6.54 Å². The number of hydrogen-bond donors (Lipinski definition) is 1. The van der Waals surface area contributed by atoms with Crippen LogP contribution < -0.4 is 5.11 Å². The number of aromatic nitrogens is 2. The summed E-state index contributed by atoms with van der Waals surface area (Å²) in [5.74, 6) is 0.740. The number of imidazole rings is 1. The minimum absolute atomic E-state index is 0.0754. The molecule has 1 fully saturated rings. The standard InChI is InChI=1S/C16H20BrN3O2/c1-16(2,3)20(15(21)22)8-4-5-13(20)14-18-11-7-6-10(17)9-12(11)19-14/h6-7,9,13H,4-5,8H2,1-3H3,(H-,18,19,21,22)/t13-,20?/m0/s1. The van der Waals surface area contributed by atoms with E-state index in [9.17, 15) is 9.90 Å². The molecule has 1 aromatic heterocycles. The number of aromatic amines is 1. The Labute approximate surface area is 138 Å². The van der Waals surface area contributed by atoms with Crippen LogP contribution >= 0.6 is 15.9 Å². The van der Waals surface area contributed by atoms with Crippen LogP contribution in [0.2, 0.25) is 0 Å². The van der Waals surface area contributed by atoms with Crippen molar-refractivity contribution < 1.29 is 14.4 Å². The molecule has 22 heavy (non-hydrogen) atoms. The number of amides is 1. The van der Waals surface area contributed by atoms with Crippen molar-refractivity contribution in [2.24, 2.45) is 0 Å². The number of fused-ring (bicyclic) bond motifs is 1. The Hall–Kier alpha value is -1.40. The number of carboxylic acid groups (broad SMARTS) is 1. The Kier molecular flexibility index (Phi) is 3.57. The van der Waals surface area contributed by atoms with E-state index in [1.54, 1.807) is 0 Å². The molecule has 6 heteroatoms. The van der Waals surface area contributed by atoms with Gasteiger partial charge in [0.05, 0.1) is 23.1 Å². The zero-order chi connectivity index (χ0) is 16.1. The van der Waals surface area contributed by atoms with E-state index in [1.807, 2.05) is 39.0 Å². The predicted molar refractivity (Wildman–Crippen MR) is 86.0 cm³/mol. The molecule has 1 aliphatic heterocycles. The number of carbonyl (C=O) groups excluding carboxylic acids is 1. The van der Waals surface area contributed by atoms with Gasteiger partial charge in [0.25, 0.3) is 6.09 Å². The second-order valence-corrected chi connectivity index (χ2v) is 7.89. The van der Waals surface area contributed by atoms with Gasteiger partial charge in [0, 0.05) is 17.3 Å². The number of likely N-dealkylation sites (tertiary alicyclic amines) is 1. The highest BCUT2D eigenvalue weighted by molar-refractivity contribution is 9.10. The minimum atomic E-state index is -1.02. The smallest absolute Gasteiger partial charge is 0.258 e. The van der Waals surface area contributed by atoms with Crippen LogP contribution in [-0.2, 0) is 0 Å². The normalized spacial score (nSPS) is 25.7. The highest BCUT2D eigenvalue weighted by Gasteiger charge is 2.53. The maximum absolute atomic E-state index is 12.0. The molecule has 1 amide bonds. The zero-order valence-electron chi connectivity index (χ0n) is 13.0. The van der Waals surface area contributed by atoms with Gasteiger partial charge in [-0.3, -0.25) is 4.48 Å². The number of benzene rings is 1. The quantitative estimate of drug-likeness (QED) is 0.789. The fourth-order valence-electron chi connectivity index (χ4n) is 3.71. The third-order valence-corrected chi connectivity index (χ3v) is 5.32. The van der Waals surface area contributed by atoms with Gasteiger partial charge in [-0.05, 0) is 39.0 Å². The molecule has 3 rings (SSSR count). The summed E-state index contributed by atoms with van der Waals surface area (Å²) in [6.45, 7) is 6.46. The molecule has 5 nitrogen and oxygen atoms in total. The summed E-state index contributed by atoms with van der Waals surface area (Å²) in [4.78, 5) is 20.0. The molecule has 0 radical (unpaired) electrons. The summed E-state index contributed by atoms with van der Waals surface area (Å²) >= 11 is 3.44. The highest BCUT2D eigenvalue weighted by Crippen LogP contribution is 2.44. The third kappa shape index (κ3) is 2.16.